The monoisotopic (exact) mass is 254 g/mol. The van der Waals surface area contributed by atoms with Crippen molar-refractivity contribution in [3.05, 3.63) is 0 Å². The van der Waals surface area contributed by atoms with Gasteiger partial charge in [0.05, 0.1) is 0 Å². The number of carbonyl (C=O) groups excluding carboxylic acids is 1. The van der Waals surface area contributed by atoms with Crippen LogP contribution in [0.3, 0.4) is 0 Å². The van der Waals surface area contributed by atoms with E-state index in [1.165, 1.54) is 12.8 Å². The number of hydrogen-bond donors (Lipinski definition) is 1. The summed E-state index contributed by atoms with van der Waals surface area (Å²) in [5.74, 6) is 0.930. The Labute approximate surface area is 110 Å². The van der Waals surface area contributed by atoms with Gasteiger partial charge in [-0.05, 0) is 51.6 Å². The number of piperidine rings is 1. The normalized spacial score (nSPS) is 28.2. The molecule has 2 rings (SSSR count). The Hall–Kier alpha value is -0.610. The number of rotatable bonds is 4. The summed E-state index contributed by atoms with van der Waals surface area (Å²) >= 11 is 0. The van der Waals surface area contributed by atoms with Gasteiger partial charge in [0.15, 0.2) is 0 Å². The van der Waals surface area contributed by atoms with Gasteiger partial charge >= 0.3 is 0 Å². The third kappa shape index (κ3) is 3.69. The average Bonchev–Trinajstić information content (AvgIpc) is 2.90. The van der Waals surface area contributed by atoms with E-state index in [1.807, 2.05) is 0 Å². The van der Waals surface area contributed by atoms with Crippen molar-refractivity contribution in [1.82, 2.24) is 10.2 Å². The van der Waals surface area contributed by atoms with Gasteiger partial charge in [-0.1, -0.05) is 6.92 Å². The van der Waals surface area contributed by atoms with E-state index >= 15 is 0 Å². The van der Waals surface area contributed by atoms with Crippen molar-refractivity contribution in [3.63, 3.8) is 0 Å². The van der Waals surface area contributed by atoms with Gasteiger partial charge in [0, 0.05) is 19.2 Å². The molecule has 1 N–H and O–H groups in total. The molecule has 2 unspecified atom stereocenters. The zero-order chi connectivity index (χ0) is 13.0. The van der Waals surface area contributed by atoms with E-state index in [9.17, 15) is 4.79 Å². The van der Waals surface area contributed by atoms with Crippen LogP contribution in [0.4, 0.5) is 0 Å². The maximum absolute atomic E-state index is 11.8. The lowest BCUT2D eigenvalue weighted by atomic mass is 9.98. The Morgan fingerprint density at radius 1 is 1.39 bits per heavy atom. The highest BCUT2D eigenvalue weighted by molar-refractivity contribution is 5.80. The maximum atomic E-state index is 11.8. The third-order valence-electron chi connectivity index (χ3n) is 4.24. The van der Waals surface area contributed by atoms with Gasteiger partial charge in [-0.25, -0.2) is 0 Å². The lowest BCUT2D eigenvalue weighted by Crippen LogP contribution is -2.47. The molecule has 18 heavy (non-hydrogen) atoms. The molecular weight excluding hydrogens is 228 g/mol. The second kappa shape index (κ2) is 6.53. The highest BCUT2D eigenvalue weighted by Crippen LogP contribution is 2.18. The van der Waals surface area contributed by atoms with Crippen LogP contribution in [0.5, 0.6) is 0 Å². The van der Waals surface area contributed by atoms with E-state index in [2.05, 4.69) is 24.1 Å². The third-order valence-corrected chi connectivity index (χ3v) is 4.24. The summed E-state index contributed by atoms with van der Waals surface area (Å²) < 4.78 is 5.38. The van der Waals surface area contributed by atoms with E-state index in [1.54, 1.807) is 0 Å². The van der Waals surface area contributed by atoms with Gasteiger partial charge in [0.1, 0.15) is 6.10 Å². The Bertz CT molecular complexity index is 269. The summed E-state index contributed by atoms with van der Waals surface area (Å²) in [5, 5.41) is 3.03. The van der Waals surface area contributed by atoms with Gasteiger partial charge < -0.3 is 10.1 Å². The highest BCUT2D eigenvalue weighted by Gasteiger charge is 2.25. The number of ether oxygens (including phenoxy) is 1. The summed E-state index contributed by atoms with van der Waals surface area (Å²) in [6, 6.07) is 0.433. The number of carbonyl (C=O) groups is 1. The lowest BCUT2D eigenvalue weighted by molar-refractivity contribution is -0.130. The van der Waals surface area contributed by atoms with E-state index in [0.717, 1.165) is 45.0 Å². The Morgan fingerprint density at radius 2 is 2.11 bits per heavy atom. The van der Waals surface area contributed by atoms with Gasteiger partial charge in [0.25, 0.3) is 0 Å². The van der Waals surface area contributed by atoms with Crippen molar-refractivity contribution >= 4 is 5.91 Å². The minimum absolute atomic E-state index is 0.0738. The fourth-order valence-electron chi connectivity index (χ4n) is 2.75. The first-order valence-electron chi connectivity index (χ1n) is 7.30. The van der Waals surface area contributed by atoms with Crippen molar-refractivity contribution < 1.29 is 9.53 Å². The van der Waals surface area contributed by atoms with Crippen LogP contribution >= 0.6 is 0 Å². The molecule has 2 saturated heterocycles. The standard InChI is InChI=1S/C14H26N2O2/c1-11-5-7-16(8-6-11)12(2)10-15-14(17)13-4-3-9-18-13/h11-13H,3-10H2,1-2H3,(H,15,17). The zero-order valence-corrected chi connectivity index (χ0v) is 11.7. The van der Waals surface area contributed by atoms with Crippen LogP contribution in [0.15, 0.2) is 0 Å². The molecule has 0 saturated carbocycles. The van der Waals surface area contributed by atoms with Crippen LogP contribution in [0.2, 0.25) is 0 Å². The molecule has 0 aromatic carbocycles. The molecule has 4 nitrogen and oxygen atoms in total. The zero-order valence-electron chi connectivity index (χ0n) is 11.7. The van der Waals surface area contributed by atoms with Crippen molar-refractivity contribution in [2.24, 2.45) is 5.92 Å². The second-order valence-corrected chi connectivity index (χ2v) is 5.81. The molecule has 2 aliphatic rings. The van der Waals surface area contributed by atoms with E-state index in [0.29, 0.717) is 6.04 Å². The number of nitrogens with one attached hydrogen (secondary N) is 1. The van der Waals surface area contributed by atoms with E-state index in [4.69, 9.17) is 4.74 Å². The number of hydrogen-bond acceptors (Lipinski definition) is 3. The van der Waals surface area contributed by atoms with Crippen LogP contribution in [-0.2, 0) is 9.53 Å². The Kier molecular flexibility index (Phi) is 5.01. The molecule has 0 aromatic heterocycles. The number of likely N-dealkylation sites (tertiary alicyclic amines) is 1. The van der Waals surface area contributed by atoms with Crippen LogP contribution in [-0.4, -0.2) is 49.2 Å². The van der Waals surface area contributed by atoms with Gasteiger partial charge in [-0.3, -0.25) is 9.69 Å². The smallest absolute Gasteiger partial charge is 0.249 e. The Balaban J connectivity index is 1.67. The number of nitrogens with zero attached hydrogens (tertiary/aromatic N) is 1. The van der Waals surface area contributed by atoms with Crippen molar-refractivity contribution in [3.8, 4) is 0 Å². The molecular formula is C14H26N2O2. The molecule has 0 bridgehead atoms. The quantitative estimate of drug-likeness (QED) is 0.824. The van der Waals surface area contributed by atoms with Crippen molar-refractivity contribution in [2.75, 3.05) is 26.2 Å². The molecule has 0 aromatic rings. The van der Waals surface area contributed by atoms with Crippen LogP contribution in [0, 0.1) is 5.92 Å². The van der Waals surface area contributed by atoms with Crippen LogP contribution in [0.1, 0.15) is 39.5 Å². The predicted molar refractivity (Wildman–Crippen MR) is 71.4 cm³/mol. The number of amides is 1. The maximum Gasteiger partial charge on any atom is 0.249 e. The van der Waals surface area contributed by atoms with Crippen molar-refractivity contribution in [1.29, 1.82) is 0 Å². The fraction of sp³-hybridized carbons (Fsp3) is 0.929. The summed E-state index contributed by atoms with van der Waals surface area (Å²) in [6.45, 7) is 8.33. The summed E-state index contributed by atoms with van der Waals surface area (Å²) in [6.07, 6.45) is 4.26. The SMILES string of the molecule is CC1CCN(C(C)CNC(=O)C2CCCO2)CC1. The summed E-state index contributed by atoms with van der Waals surface area (Å²) in [4.78, 5) is 14.3. The minimum Gasteiger partial charge on any atom is -0.368 e. The average molecular weight is 254 g/mol. The molecule has 2 aliphatic heterocycles. The molecule has 0 radical (unpaired) electrons. The molecule has 104 valence electrons. The molecule has 2 fully saturated rings. The van der Waals surface area contributed by atoms with Crippen molar-refractivity contribution in [2.45, 2.75) is 51.7 Å². The van der Waals surface area contributed by atoms with E-state index in [-0.39, 0.29) is 12.0 Å². The summed E-state index contributed by atoms with van der Waals surface area (Å²) in [5.41, 5.74) is 0. The van der Waals surface area contributed by atoms with E-state index < -0.39 is 0 Å². The van der Waals surface area contributed by atoms with Crippen LogP contribution in [0.25, 0.3) is 0 Å². The highest BCUT2D eigenvalue weighted by atomic mass is 16.5. The second-order valence-electron chi connectivity index (χ2n) is 5.81. The fourth-order valence-corrected chi connectivity index (χ4v) is 2.75. The first kappa shape index (κ1) is 13.8. The predicted octanol–water partition coefficient (Wildman–Crippen LogP) is 1.40. The molecule has 4 heteroatoms. The van der Waals surface area contributed by atoms with Gasteiger partial charge in [-0.15, -0.1) is 0 Å². The first-order valence-corrected chi connectivity index (χ1v) is 7.30. The lowest BCUT2D eigenvalue weighted by Gasteiger charge is -2.35. The molecule has 0 spiro atoms. The molecule has 2 atom stereocenters. The molecule has 2 heterocycles. The topological polar surface area (TPSA) is 41.6 Å². The largest absolute Gasteiger partial charge is 0.368 e. The molecule has 1 amide bonds. The molecule has 0 aliphatic carbocycles. The van der Waals surface area contributed by atoms with Crippen LogP contribution < -0.4 is 5.32 Å². The summed E-state index contributed by atoms with van der Waals surface area (Å²) in [7, 11) is 0. The Morgan fingerprint density at radius 3 is 2.72 bits per heavy atom. The van der Waals surface area contributed by atoms with Gasteiger partial charge in [0.2, 0.25) is 5.91 Å². The van der Waals surface area contributed by atoms with Gasteiger partial charge in [-0.2, -0.15) is 0 Å². The minimum atomic E-state index is -0.196. The first-order chi connectivity index (χ1) is 8.66.